The van der Waals surface area contributed by atoms with Gasteiger partial charge in [-0.2, -0.15) is 0 Å². The third-order valence-electron chi connectivity index (χ3n) is 5.78. The number of carbonyl (C=O) groups is 2. The minimum Gasteiger partial charge on any atom is -0.503 e. The zero-order valence-corrected chi connectivity index (χ0v) is 19.5. The van der Waals surface area contributed by atoms with Gasteiger partial charge in [-0.3, -0.25) is 9.69 Å². The van der Waals surface area contributed by atoms with Crippen LogP contribution in [0.1, 0.15) is 24.1 Å². The molecule has 1 aliphatic heterocycles. The molecule has 1 aromatic heterocycles. The van der Waals surface area contributed by atoms with E-state index in [1.807, 2.05) is 79.7 Å². The number of fused-ring (bicyclic) bond motifs is 1. The van der Waals surface area contributed by atoms with E-state index >= 15 is 0 Å². The minimum absolute atomic E-state index is 0.0743. The summed E-state index contributed by atoms with van der Waals surface area (Å²) in [5.41, 5.74) is 4.49. The van der Waals surface area contributed by atoms with Gasteiger partial charge in [-0.25, -0.2) is 9.78 Å². The molecule has 34 heavy (non-hydrogen) atoms. The number of nitrogens with zero attached hydrogens (tertiary/aromatic N) is 2. The zero-order chi connectivity index (χ0) is 23.8. The Morgan fingerprint density at radius 2 is 1.76 bits per heavy atom. The number of aliphatic hydroxyl groups excluding tert-OH is 1. The van der Waals surface area contributed by atoms with Crippen LogP contribution < -0.4 is 4.90 Å². The summed E-state index contributed by atoms with van der Waals surface area (Å²) in [5.74, 6) is -1.99. The Balaban J connectivity index is 1.62. The summed E-state index contributed by atoms with van der Waals surface area (Å²) in [4.78, 5) is 32.1. The van der Waals surface area contributed by atoms with Crippen molar-refractivity contribution in [3.8, 4) is 11.1 Å². The van der Waals surface area contributed by atoms with Crippen molar-refractivity contribution in [3.05, 3.63) is 95.3 Å². The molecule has 7 heteroatoms. The molecule has 0 radical (unpaired) electrons. The van der Waals surface area contributed by atoms with Crippen molar-refractivity contribution < 1.29 is 19.4 Å². The van der Waals surface area contributed by atoms with Crippen LogP contribution in [0.25, 0.3) is 21.3 Å². The molecule has 2 heterocycles. The maximum Gasteiger partial charge on any atom is 0.340 e. The van der Waals surface area contributed by atoms with Crippen molar-refractivity contribution in [3.63, 3.8) is 0 Å². The van der Waals surface area contributed by atoms with Crippen LogP contribution >= 0.6 is 11.3 Å². The predicted octanol–water partition coefficient (Wildman–Crippen LogP) is 5.73. The van der Waals surface area contributed by atoms with Crippen LogP contribution in [0.2, 0.25) is 0 Å². The van der Waals surface area contributed by atoms with E-state index in [-0.39, 0.29) is 12.2 Å². The predicted molar refractivity (Wildman–Crippen MR) is 133 cm³/mol. The average Bonchev–Trinajstić information content (AvgIpc) is 3.37. The molecule has 0 fully saturated rings. The third kappa shape index (κ3) is 3.74. The van der Waals surface area contributed by atoms with Gasteiger partial charge in [0.25, 0.3) is 5.91 Å². The molecule has 0 spiro atoms. The fraction of sp³-hybridized carbons (Fsp3) is 0.148. The molecule has 0 saturated carbocycles. The first-order valence-corrected chi connectivity index (χ1v) is 11.8. The van der Waals surface area contributed by atoms with Gasteiger partial charge in [0.2, 0.25) is 0 Å². The number of aliphatic hydroxyl groups is 1. The Bertz CT molecular complexity index is 1420. The number of hydrogen-bond donors (Lipinski definition) is 1. The average molecular weight is 471 g/mol. The first-order chi connectivity index (χ1) is 16.5. The molecular formula is C27H22N2O4S. The van der Waals surface area contributed by atoms with E-state index in [1.165, 1.54) is 16.2 Å². The lowest BCUT2D eigenvalue weighted by Gasteiger charge is -2.24. The van der Waals surface area contributed by atoms with Crippen molar-refractivity contribution >= 4 is 38.6 Å². The first kappa shape index (κ1) is 21.9. The standard InChI is InChI=1S/C27H22N2O4S/c1-3-33-26(32)22-23(19-12-10-18(11-13-19)17-7-5-4-6-8-17)29(25(31)24(22)30)27-28-20-14-9-16(2)15-21(20)34-27/h4-15,23,30H,3H2,1-2H3. The Morgan fingerprint density at radius 1 is 1.06 bits per heavy atom. The monoisotopic (exact) mass is 470 g/mol. The van der Waals surface area contributed by atoms with E-state index in [0.29, 0.717) is 10.7 Å². The van der Waals surface area contributed by atoms with Crippen molar-refractivity contribution in [2.45, 2.75) is 19.9 Å². The molecule has 0 saturated heterocycles. The van der Waals surface area contributed by atoms with E-state index in [4.69, 9.17) is 4.74 Å². The number of aromatic nitrogens is 1. The van der Waals surface area contributed by atoms with Gasteiger partial charge < -0.3 is 9.84 Å². The van der Waals surface area contributed by atoms with Crippen LogP contribution in [0.5, 0.6) is 0 Å². The third-order valence-corrected chi connectivity index (χ3v) is 6.79. The van der Waals surface area contributed by atoms with Crippen LogP contribution in [-0.4, -0.2) is 28.6 Å². The summed E-state index contributed by atoms with van der Waals surface area (Å²) < 4.78 is 6.12. The van der Waals surface area contributed by atoms with Gasteiger partial charge in [-0.05, 0) is 48.2 Å². The number of ether oxygens (including phenoxy) is 1. The number of benzene rings is 3. The van der Waals surface area contributed by atoms with Gasteiger partial charge in [0, 0.05) is 0 Å². The van der Waals surface area contributed by atoms with Crippen LogP contribution in [-0.2, 0) is 14.3 Å². The number of esters is 1. The number of anilines is 1. The summed E-state index contributed by atoms with van der Waals surface area (Å²) in [6, 6.07) is 22.5. The fourth-order valence-electron chi connectivity index (χ4n) is 4.15. The van der Waals surface area contributed by atoms with E-state index in [0.717, 1.165) is 26.9 Å². The highest BCUT2D eigenvalue weighted by atomic mass is 32.1. The quantitative estimate of drug-likeness (QED) is 0.377. The van der Waals surface area contributed by atoms with E-state index in [9.17, 15) is 14.7 Å². The number of aryl methyl sites for hydroxylation is 1. The van der Waals surface area contributed by atoms with Gasteiger partial charge in [0.15, 0.2) is 10.9 Å². The zero-order valence-electron chi connectivity index (χ0n) is 18.7. The Morgan fingerprint density at radius 3 is 2.47 bits per heavy atom. The van der Waals surface area contributed by atoms with Gasteiger partial charge in [0.05, 0.1) is 16.8 Å². The van der Waals surface area contributed by atoms with Crippen molar-refractivity contribution in [1.29, 1.82) is 0 Å². The van der Waals surface area contributed by atoms with Gasteiger partial charge in [0.1, 0.15) is 11.6 Å². The molecule has 170 valence electrons. The van der Waals surface area contributed by atoms with Gasteiger partial charge >= 0.3 is 5.97 Å². The van der Waals surface area contributed by atoms with Gasteiger partial charge in [-0.15, -0.1) is 0 Å². The molecule has 5 rings (SSSR count). The normalized spacial score (nSPS) is 15.9. The van der Waals surface area contributed by atoms with Gasteiger partial charge in [-0.1, -0.05) is 72.0 Å². The number of rotatable bonds is 5. The molecule has 4 aromatic rings. The SMILES string of the molecule is CCOC(=O)C1=C(O)C(=O)N(c2nc3ccc(C)cc3s2)C1c1ccc(-c2ccccc2)cc1. The lowest BCUT2D eigenvalue weighted by atomic mass is 9.96. The second-order valence-corrected chi connectivity index (χ2v) is 9.03. The molecule has 1 unspecified atom stereocenters. The van der Waals surface area contributed by atoms with E-state index < -0.39 is 23.7 Å². The highest BCUT2D eigenvalue weighted by molar-refractivity contribution is 7.22. The highest BCUT2D eigenvalue weighted by Crippen LogP contribution is 2.44. The number of amides is 1. The summed E-state index contributed by atoms with van der Waals surface area (Å²) in [5, 5.41) is 11.1. The molecule has 1 N–H and O–H groups in total. The topological polar surface area (TPSA) is 79.7 Å². The lowest BCUT2D eigenvalue weighted by Crippen LogP contribution is -2.31. The number of thiazole rings is 1. The Kier molecular flexibility index (Phi) is 5.63. The van der Waals surface area contributed by atoms with Crippen LogP contribution in [0, 0.1) is 6.92 Å². The number of hydrogen-bond acceptors (Lipinski definition) is 6. The van der Waals surface area contributed by atoms with Crippen LogP contribution in [0.3, 0.4) is 0 Å². The second-order valence-electron chi connectivity index (χ2n) is 8.02. The molecule has 6 nitrogen and oxygen atoms in total. The Hall–Kier alpha value is -3.97. The smallest absolute Gasteiger partial charge is 0.340 e. The largest absolute Gasteiger partial charge is 0.503 e. The van der Waals surface area contributed by atoms with E-state index in [2.05, 4.69) is 4.98 Å². The first-order valence-electron chi connectivity index (χ1n) is 10.9. The fourth-order valence-corrected chi connectivity index (χ4v) is 5.24. The maximum absolute atomic E-state index is 13.2. The van der Waals surface area contributed by atoms with Crippen molar-refractivity contribution in [1.82, 2.24) is 4.98 Å². The molecule has 1 amide bonds. The summed E-state index contributed by atoms with van der Waals surface area (Å²) in [6.45, 7) is 3.80. The van der Waals surface area contributed by atoms with Crippen molar-refractivity contribution in [2.24, 2.45) is 0 Å². The molecular weight excluding hydrogens is 448 g/mol. The Labute approximate surface area is 200 Å². The summed E-state index contributed by atoms with van der Waals surface area (Å²) in [7, 11) is 0. The second kappa shape index (κ2) is 8.76. The lowest BCUT2D eigenvalue weighted by molar-refractivity contribution is -0.139. The summed E-state index contributed by atoms with van der Waals surface area (Å²) >= 11 is 1.34. The number of carbonyl (C=O) groups excluding carboxylic acids is 2. The van der Waals surface area contributed by atoms with E-state index in [1.54, 1.807) is 6.92 Å². The molecule has 1 aliphatic rings. The van der Waals surface area contributed by atoms with Crippen molar-refractivity contribution in [2.75, 3.05) is 11.5 Å². The molecule has 1 atom stereocenters. The molecule has 0 aliphatic carbocycles. The molecule has 3 aromatic carbocycles. The minimum atomic E-state index is -0.849. The highest BCUT2D eigenvalue weighted by Gasteiger charge is 2.46. The molecule has 0 bridgehead atoms. The van der Waals surface area contributed by atoms with Crippen LogP contribution in [0.15, 0.2) is 84.1 Å². The maximum atomic E-state index is 13.2. The van der Waals surface area contributed by atoms with Crippen LogP contribution in [0.4, 0.5) is 5.13 Å². The summed E-state index contributed by atoms with van der Waals surface area (Å²) in [6.07, 6.45) is 0.